The van der Waals surface area contributed by atoms with Crippen LogP contribution in [0.4, 0.5) is 0 Å². The molecule has 1 aromatic heterocycles. The van der Waals surface area contributed by atoms with Crippen LogP contribution in [0.25, 0.3) is 11.4 Å². The molecular formula is C17H15BrN4O2S. The van der Waals surface area contributed by atoms with Crippen molar-refractivity contribution in [3.05, 3.63) is 57.3 Å². The summed E-state index contributed by atoms with van der Waals surface area (Å²) < 4.78 is 13.3. The molecule has 0 unspecified atom stereocenters. The summed E-state index contributed by atoms with van der Waals surface area (Å²) in [6.45, 7) is 0. The van der Waals surface area contributed by atoms with Gasteiger partial charge in [-0.15, -0.1) is 0 Å². The molecule has 25 heavy (non-hydrogen) atoms. The molecule has 2 aromatic carbocycles. The molecule has 8 heteroatoms. The predicted molar refractivity (Wildman–Crippen MR) is 103 cm³/mol. The van der Waals surface area contributed by atoms with E-state index >= 15 is 0 Å². The van der Waals surface area contributed by atoms with Crippen molar-refractivity contribution in [3.63, 3.8) is 0 Å². The zero-order valence-corrected chi connectivity index (χ0v) is 16.0. The van der Waals surface area contributed by atoms with Crippen molar-refractivity contribution < 1.29 is 9.47 Å². The topological polar surface area (TPSA) is 64.4 Å². The van der Waals surface area contributed by atoms with Crippen molar-refractivity contribution in [2.45, 2.75) is 0 Å². The molecule has 0 amide bonds. The number of methoxy groups -OCH3 is 2. The number of aromatic amines is 1. The predicted octanol–water partition coefficient (Wildman–Crippen LogP) is 4.27. The van der Waals surface area contributed by atoms with Gasteiger partial charge in [0.2, 0.25) is 4.77 Å². The molecule has 3 rings (SSSR count). The highest BCUT2D eigenvalue weighted by atomic mass is 79.9. The van der Waals surface area contributed by atoms with E-state index in [0.717, 1.165) is 27.1 Å². The van der Waals surface area contributed by atoms with E-state index in [1.165, 1.54) is 0 Å². The van der Waals surface area contributed by atoms with Crippen molar-refractivity contribution in [3.8, 4) is 22.9 Å². The SMILES string of the molecule is COc1cccc(-c2n[nH]c(=S)n2N=Cc2ccc(OC)c(Br)c2)c1. The smallest absolute Gasteiger partial charge is 0.216 e. The minimum absolute atomic E-state index is 0.404. The second-order valence-corrected chi connectivity index (χ2v) is 6.28. The summed E-state index contributed by atoms with van der Waals surface area (Å²) in [5.41, 5.74) is 1.74. The van der Waals surface area contributed by atoms with E-state index in [1.54, 1.807) is 25.1 Å². The zero-order chi connectivity index (χ0) is 17.8. The summed E-state index contributed by atoms with van der Waals surface area (Å²) in [7, 11) is 3.25. The van der Waals surface area contributed by atoms with E-state index in [1.807, 2.05) is 42.5 Å². The highest BCUT2D eigenvalue weighted by Gasteiger charge is 2.09. The standard InChI is InChI=1S/C17H15BrN4O2S/c1-23-13-5-3-4-12(9-13)16-20-21-17(25)22(16)19-10-11-6-7-15(24-2)14(18)8-11/h3-10H,1-2H3,(H,21,25). The number of H-pyrrole nitrogens is 1. The average molecular weight is 419 g/mol. The van der Waals surface area contributed by atoms with Crippen LogP contribution in [0.3, 0.4) is 0 Å². The fourth-order valence-corrected chi connectivity index (χ4v) is 2.97. The third-order valence-electron chi connectivity index (χ3n) is 3.48. The van der Waals surface area contributed by atoms with Gasteiger partial charge in [0.15, 0.2) is 5.82 Å². The molecule has 0 aliphatic carbocycles. The Balaban J connectivity index is 1.97. The summed E-state index contributed by atoms with van der Waals surface area (Å²) >= 11 is 8.75. The fourth-order valence-electron chi connectivity index (χ4n) is 2.24. The summed E-state index contributed by atoms with van der Waals surface area (Å²) in [6.07, 6.45) is 1.71. The second-order valence-electron chi connectivity index (χ2n) is 5.03. The quantitative estimate of drug-likeness (QED) is 0.496. The van der Waals surface area contributed by atoms with Gasteiger partial charge in [0.25, 0.3) is 0 Å². The van der Waals surface area contributed by atoms with Gasteiger partial charge in [-0.1, -0.05) is 12.1 Å². The molecule has 0 saturated heterocycles. The third kappa shape index (κ3) is 3.80. The van der Waals surface area contributed by atoms with Crippen LogP contribution >= 0.6 is 28.1 Å². The molecule has 3 aromatic rings. The summed E-state index contributed by atoms with van der Waals surface area (Å²) in [4.78, 5) is 0. The Hall–Kier alpha value is -2.45. The first-order chi connectivity index (χ1) is 12.1. The van der Waals surface area contributed by atoms with Crippen LogP contribution in [0.1, 0.15) is 5.56 Å². The lowest BCUT2D eigenvalue weighted by atomic mass is 10.2. The third-order valence-corrected chi connectivity index (χ3v) is 4.36. The molecule has 0 saturated carbocycles. The minimum atomic E-state index is 0.404. The maximum Gasteiger partial charge on any atom is 0.216 e. The van der Waals surface area contributed by atoms with Crippen molar-refractivity contribution >= 4 is 34.4 Å². The Morgan fingerprint density at radius 2 is 2.04 bits per heavy atom. The van der Waals surface area contributed by atoms with Crippen LogP contribution in [-0.2, 0) is 0 Å². The van der Waals surface area contributed by atoms with Crippen LogP contribution in [0.5, 0.6) is 11.5 Å². The molecule has 1 N–H and O–H groups in total. The molecular weight excluding hydrogens is 404 g/mol. The van der Waals surface area contributed by atoms with Crippen LogP contribution in [-0.4, -0.2) is 35.3 Å². The van der Waals surface area contributed by atoms with Gasteiger partial charge in [0, 0.05) is 5.56 Å². The van der Waals surface area contributed by atoms with Gasteiger partial charge in [0.1, 0.15) is 11.5 Å². The molecule has 0 spiro atoms. The first kappa shape index (κ1) is 17.4. The lowest BCUT2D eigenvalue weighted by Crippen LogP contribution is -1.96. The molecule has 0 aliphatic rings. The average Bonchev–Trinajstić information content (AvgIpc) is 3.00. The van der Waals surface area contributed by atoms with Crippen LogP contribution in [0, 0.1) is 4.77 Å². The van der Waals surface area contributed by atoms with Crippen molar-refractivity contribution in [1.82, 2.24) is 14.9 Å². The molecule has 1 heterocycles. The van der Waals surface area contributed by atoms with E-state index in [9.17, 15) is 0 Å². The number of nitrogens with zero attached hydrogens (tertiary/aromatic N) is 3. The molecule has 0 bridgehead atoms. The number of ether oxygens (including phenoxy) is 2. The Morgan fingerprint density at radius 1 is 1.20 bits per heavy atom. The van der Waals surface area contributed by atoms with E-state index < -0.39 is 0 Å². The van der Waals surface area contributed by atoms with Gasteiger partial charge in [-0.2, -0.15) is 14.9 Å². The number of hydrogen-bond acceptors (Lipinski definition) is 5. The van der Waals surface area contributed by atoms with Gasteiger partial charge >= 0.3 is 0 Å². The zero-order valence-electron chi connectivity index (χ0n) is 13.6. The van der Waals surface area contributed by atoms with E-state index in [-0.39, 0.29) is 0 Å². The second kappa shape index (κ2) is 7.62. The maximum absolute atomic E-state index is 5.29. The maximum atomic E-state index is 5.29. The minimum Gasteiger partial charge on any atom is -0.497 e. The fraction of sp³-hybridized carbons (Fsp3) is 0.118. The van der Waals surface area contributed by atoms with Crippen molar-refractivity contribution in [1.29, 1.82) is 0 Å². The van der Waals surface area contributed by atoms with Crippen LogP contribution in [0.15, 0.2) is 52.0 Å². The number of halogens is 1. The Bertz CT molecular complexity index is 981. The first-order valence-corrected chi connectivity index (χ1v) is 8.52. The highest BCUT2D eigenvalue weighted by molar-refractivity contribution is 9.10. The molecule has 128 valence electrons. The van der Waals surface area contributed by atoms with Crippen molar-refractivity contribution in [2.24, 2.45) is 5.10 Å². The summed E-state index contributed by atoms with van der Waals surface area (Å²) in [5.74, 6) is 2.10. The Kier molecular flexibility index (Phi) is 5.30. The number of aromatic nitrogens is 3. The van der Waals surface area contributed by atoms with E-state index in [0.29, 0.717) is 10.6 Å². The molecule has 0 radical (unpaired) electrons. The summed E-state index contributed by atoms with van der Waals surface area (Å²) in [6, 6.07) is 13.2. The van der Waals surface area contributed by atoms with Gasteiger partial charge in [0.05, 0.1) is 24.9 Å². The number of nitrogens with one attached hydrogen (secondary N) is 1. The largest absolute Gasteiger partial charge is 0.497 e. The molecule has 0 atom stereocenters. The molecule has 6 nitrogen and oxygen atoms in total. The van der Waals surface area contributed by atoms with Crippen LogP contribution < -0.4 is 9.47 Å². The van der Waals surface area contributed by atoms with E-state index in [4.69, 9.17) is 21.7 Å². The van der Waals surface area contributed by atoms with Gasteiger partial charge in [-0.3, -0.25) is 0 Å². The lowest BCUT2D eigenvalue weighted by Gasteiger charge is -2.05. The van der Waals surface area contributed by atoms with E-state index in [2.05, 4.69) is 31.2 Å². The Labute approximate surface area is 158 Å². The molecule has 0 aliphatic heterocycles. The van der Waals surface area contributed by atoms with Gasteiger partial charge in [-0.25, -0.2) is 5.10 Å². The number of benzene rings is 2. The normalized spacial score (nSPS) is 11.0. The lowest BCUT2D eigenvalue weighted by molar-refractivity contribution is 0.412. The highest BCUT2D eigenvalue weighted by Crippen LogP contribution is 2.25. The molecule has 0 fully saturated rings. The van der Waals surface area contributed by atoms with Gasteiger partial charge in [-0.05, 0) is 64.0 Å². The van der Waals surface area contributed by atoms with Crippen LogP contribution in [0.2, 0.25) is 0 Å². The summed E-state index contributed by atoms with van der Waals surface area (Å²) in [5, 5.41) is 11.5. The van der Waals surface area contributed by atoms with Gasteiger partial charge < -0.3 is 9.47 Å². The Morgan fingerprint density at radius 3 is 2.76 bits per heavy atom. The monoisotopic (exact) mass is 418 g/mol. The number of rotatable bonds is 5. The number of hydrogen-bond donors (Lipinski definition) is 1. The first-order valence-electron chi connectivity index (χ1n) is 7.32. The van der Waals surface area contributed by atoms with Crippen molar-refractivity contribution in [2.75, 3.05) is 14.2 Å².